The van der Waals surface area contributed by atoms with Crippen LogP contribution in [0.2, 0.25) is 0 Å². The van der Waals surface area contributed by atoms with Crippen LogP contribution >= 0.6 is 11.8 Å². The Kier molecular flexibility index (Phi) is 5.04. The summed E-state index contributed by atoms with van der Waals surface area (Å²) in [6, 6.07) is -1.19. The monoisotopic (exact) mass is 312 g/mol. The third-order valence-electron chi connectivity index (χ3n) is 2.51. The lowest BCUT2D eigenvalue weighted by molar-refractivity contribution is -0.140. The lowest BCUT2D eigenvalue weighted by Gasteiger charge is -2.28. The number of hydrogen-bond donors (Lipinski definition) is 2. The van der Waals surface area contributed by atoms with Crippen LogP contribution in [0.15, 0.2) is 0 Å². The van der Waals surface area contributed by atoms with E-state index in [1.54, 1.807) is 18.6 Å². The Morgan fingerprint density at radius 2 is 2.05 bits per heavy atom. The molecule has 0 saturated carbocycles. The highest BCUT2D eigenvalue weighted by molar-refractivity contribution is 8.01. The molecule has 8 nitrogen and oxygen atoms in total. The summed E-state index contributed by atoms with van der Waals surface area (Å²) in [4.78, 5) is 22.2. The lowest BCUT2D eigenvalue weighted by Crippen LogP contribution is -2.52. The van der Waals surface area contributed by atoms with Gasteiger partial charge < -0.3 is 9.84 Å². The Balaban J connectivity index is 3.08. The average Bonchev–Trinajstić information content (AvgIpc) is 2.73. The van der Waals surface area contributed by atoms with Gasteiger partial charge in [0.2, 0.25) is 0 Å². The van der Waals surface area contributed by atoms with Crippen LogP contribution in [0.1, 0.15) is 13.8 Å². The van der Waals surface area contributed by atoms with E-state index in [0.717, 1.165) is 11.4 Å². The molecular formula is C9H16N2O6S2. The highest BCUT2D eigenvalue weighted by Gasteiger charge is 2.47. The van der Waals surface area contributed by atoms with Gasteiger partial charge in [0.05, 0.1) is 12.5 Å². The number of methoxy groups -OCH3 is 1. The van der Waals surface area contributed by atoms with Crippen molar-refractivity contribution in [2.45, 2.75) is 25.3 Å². The first-order chi connectivity index (χ1) is 8.70. The van der Waals surface area contributed by atoms with E-state index in [-0.39, 0.29) is 11.7 Å². The average molecular weight is 312 g/mol. The van der Waals surface area contributed by atoms with E-state index in [1.807, 2.05) is 0 Å². The van der Waals surface area contributed by atoms with Crippen LogP contribution in [0.4, 0.5) is 4.79 Å². The normalized spacial score (nSPS) is 24.4. The number of nitrogens with one attached hydrogen (secondary N) is 1. The molecule has 10 heteroatoms. The summed E-state index contributed by atoms with van der Waals surface area (Å²) in [6.45, 7) is 3.56. The first kappa shape index (κ1) is 16.1. The zero-order valence-electron chi connectivity index (χ0n) is 10.7. The molecule has 19 heavy (non-hydrogen) atoms. The number of carbonyl (C=O) groups excluding carboxylic acids is 1. The summed E-state index contributed by atoms with van der Waals surface area (Å²) >= 11 is 1.23. The largest absolute Gasteiger partial charge is 0.480 e. The number of rotatable bonds is 4. The molecule has 0 aromatic rings. The van der Waals surface area contributed by atoms with Gasteiger partial charge in [-0.2, -0.15) is 12.7 Å². The van der Waals surface area contributed by atoms with Crippen molar-refractivity contribution in [2.75, 3.05) is 12.9 Å². The Morgan fingerprint density at radius 1 is 1.47 bits per heavy atom. The van der Waals surface area contributed by atoms with E-state index in [1.165, 1.54) is 11.8 Å². The maximum absolute atomic E-state index is 12.1. The van der Waals surface area contributed by atoms with E-state index in [9.17, 15) is 18.0 Å². The minimum Gasteiger partial charge on any atom is -0.480 e. The van der Waals surface area contributed by atoms with Crippen LogP contribution in [-0.2, 0) is 19.7 Å². The highest BCUT2D eigenvalue weighted by atomic mass is 32.2. The third-order valence-corrected chi connectivity index (χ3v) is 5.73. The molecule has 1 heterocycles. The van der Waals surface area contributed by atoms with Crippen LogP contribution in [0.5, 0.6) is 0 Å². The fraction of sp³-hybridized carbons (Fsp3) is 0.778. The molecule has 1 aliphatic heterocycles. The molecule has 1 rings (SSSR count). The summed E-state index contributed by atoms with van der Waals surface area (Å²) in [7, 11) is -3.23. The fourth-order valence-corrected chi connectivity index (χ4v) is 5.08. The zero-order chi connectivity index (χ0) is 14.8. The van der Waals surface area contributed by atoms with Crippen LogP contribution in [0, 0.1) is 5.92 Å². The molecule has 2 unspecified atom stereocenters. The molecule has 0 aromatic carbocycles. The van der Waals surface area contributed by atoms with E-state index in [0.29, 0.717) is 0 Å². The number of hydrogen-bond acceptors (Lipinski definition) is 6. The standard InChI is InChI=1S/C9H16N2O6S2/c1-5(2)7-11(6(4-18-7)8(12)13)19(15,16)10-9(14)17-3/h5-7H,4H2,1-3H3,(H,10,14)(H,12,13). The minimum atomic E-state index is -4.25. The Morgan fingerprint density at radius 3 is 2.47 bits per heavy atom. The molecule has 0 bridgehead atoms. The number of aliphatic carboxylic acids is 1. The van der Waals surface area contributed by atoms with Crippen molar-refractivity contribution in [1.29, 1.82) is 0 Å². The Labute approximate surface area is 115 Å². The lowest BCUT2D eigenvalue weighted by atomic mass is 10.2. The van der Waals surface area contributed by atoms with Crippen LogP contribution in [0.3, 0.4) is 0 Å². The quantitative estimate of drug-likeness (QED) is 0.755. The van der Waals surface area contributed by atoms with Gasteiger partial charge in [-0.1, -0.05) is 13.8 Å². The van der Waals surface area contributed by atoms with Gasteiger partial charge in [0.25, 0.3) is 0 Å². The van der Waals surface area contributed by atoms with E-state index in [2.05, 4.69) is 4.74 Å². The van der Waals surface area contributed by atoms with Crippen molar-refractivity contribution in [3.8, 4) is 0 Å². The van der Waals surface area contributed by atoms with Gasteiger partial charge in [0, 0.05) is 5.75 Å². The molecule has 1 amide bonds. The number of carbonyl (C=O) groups is 2. The maximum Gasteiger partial charge on any atom is 0.421 e. The molecule has 0 aliphatic carbocycles. The molecule has 1 fully saturated rings. The second-order valence-corrected chi connectivity index (χ2v) is 6.98. The number of ether oxygens (including phenoxy) is 1. The zero-order valence-corrected chi connectivity index (χ0v) is 12.3. The van der Waals surface area contributed by atoms with Gasteiger partial charge in [-0.25, -0.2) is 9.52 Å². The number of thioether (sulfide) groups is 1. The van der Waals surface area contributed by atoms with Crippen molar-refractivity contribution in [2.24, 2.45) is 5.92 Å². The van der Waals surface area contributed by atoms with Crippen molar-refractivity contribution in [3.05, 3.63) is 0 Å². The second kappa shape index (κ2) is 5.97. The van der Waals surface area contributed by atoms with E-state index >= 15 is 0 Å². The summed E-state index contributed by atoms with van der Waals surface area (Å²) < 4.78 is 30.9. The number of amides is 1. The SMILES string of the molecule is COC(=O)NS(=O)(=O)N1C(C(=O)O)CSC1C(C)C. The van der Waals surface area contributed by atoms with E-state index in [4.69, 9.17) is 5.11 Å². The topological polar surface area (TPSA) is 113 Å². The molecule has 1 aliphatic rings. The highest BCUT2D eigenvalue weighted by Crippen LogP contribution is 2.35. The summed E-state index contributed by atoms with van der Waals surface area (Å²) in [5.41, 5.74) is 0. The van der Waals surface area contributed by atoms with Gasteiger partial charge in [0.1, 0.15) is 6.04 Å². The Hall–Kier alpha value is -1.00. The minimum absolute atomic E-state index is 0.0939. The molecular weight excluding hydrogens is 296 g/mol. The first-order valence-electron chi connectivity index (χ1n) is 5.44. The predicted octanol–water partition coefficient (Wildman–Crippen LogP) is 0.0713. The van der Waals surface area contributed by atoms with Crippen molar-refractivity contribution < 1.29 is 27.9 Å². The van der Waals surface area contributed by atoms with Gasteiger partial charge in [-0.3, -0.25) is 4.79 Å². The molecule has 2 atom stereocenters. The number of nitrogens with zero attached hydrogens (tertiary/aromatic N) is 1. The predicted molar refractivity (Wildman–Crippen MR) is 68.8 cm³/mol. The van der Waals surface area contributed by atoms with Crippen molar-refractivity contribution in [3.63, 3.8) is 0 Å². The van der Waals surface area contributed by atoms with Gasteiger partial charge in [0.15, 0.2) is 0 Å². The molecule has 2 N–H and O–H groups in total. The van der Waals surface area contributed by atoms with Gasteiger partial charge in [-0.05, 0) is 5.92 Å². The maximum atomic E-state index is 12.1. The molecule has 0 radical (unpaired) electrons. The summed E-state index contributed by atoms with van der Waals surface area (Å²) in [6.07, 6.45) is -1.15. The summed E-state index contributed by atoms with van der Waals surface area (Å²) in [5, 5.41) is 8.54. The fourth-order valence-electron chi connectivity index (χ4n) is 1.68. The van der Waals surface area contributed by atoms with Gasteiger partial charge >= 0.3 is 22.3 Å². The Bertz CT molecular complexity index is 463. The van der Waals surface area contributed by atoms with Crippen LogP contribution < -0.4 is 4.72 Å². The van der Waals surface area contributed by atoms with Crippen molar-refractivity contribution >= 4 is 34.0 Å². The van der Waals surface area contributed by atoms with Crippen LogP contribution in [-0.4, -0.2) is 54.2 Å². The number of carboxylic acids is 1. The summed E-state index contributed by atoms with van der Waals surface area (Å²) in [5.74, 6) is -1.20. The molecule has 1 saturated heterocycles. The molecule has 0 aromatic heterocycles. The third kappa shape index (κ3) is 3.51. The molecule has 0 spiro atoms. The number of carboxylic acid groups (broad SMARTS) is 1. The van der Waals surface area contributed by atoms with E-state index < -0.39 is 33.7 Å². The first-order valence-corrected chi connectivity index (χ1v) is 7.93. The smallest absolute Gasteiger partial charge is 0.421 e. The van der Waals surface area contributed by atoms with Gasteiger partial charge in [-0.15, -0.1) is 11.8 Å². The second-order valence-electron chi connectivity index (χ2n) is 4.25. The van der Waals surface area contributed by atoms with Crippen LogP contribution in [0.25, 0.3) is 0 Å². The molecule has 110 valence electrons. The van der Waals surface area contributed by atoms with Crippen molar-refractivity contribution in [1.82, 2.24) is 9.03 Å².